The van der Waals surface area contributed by atoms with Crippen LogP contribution in [0.25, 0.3) is 22.3 Å². The van der Waals surface area contributed by atoms with E-state index in [4.69, 9.17) is 5.73 Å². The Morgan fingerprint density at radius 1 is 0.906 bits per heavy atom. The van der Waals surface area contributed by atoms with Crippen LogP contribution >= 0.6 is 0 Å². The number of hydrogen-bond acceptors (Lipinski definition) is 2. The summed E-state index contributed by atoms with van der Waals surface area (Å²) < 4.78 is 2.22. The maximum absolute atomic E-state index is 12.6. The van der Waals surface area contributed by atoms with E-state index in [9.17, 15) is 4.79 Å². The predicted octanol–water partition coefficient (Wildman–Crippen LogP) is 6.02. The second-order valence-electron chi connectivity index (χ2n) is 8.10. The van der Waals surface area contributed by atoms with Crippen molar-refractivity contribution in [1.29, 1.82) is 0 Å². The molecule has 2 heterocycles. The molecule has 2 aromatic carbocycles. The minimum atomic E-state index is -0.387. The van der Waals surface area contributed by atoms with E-state index in [0.717, 1.165) is 53.0 Å². The number of amides is 1. The van der Waals surface area contributed by atoms with Crippen LogP contribution < -0.4 is 5.73 Å². The van der Waals surface area contributed by atoms with Gasteiger partial charge in [-0.3, -0.25) is 9.78 Å². The fourth-order valence-electron chi connectivity index (χ4n) is 4.34. The first-order valence-electron chi connectivity index (χ1n) is 11.2. The summed E-state index contributed by atoms with van der Waals surface area (Å²) in [5, 5.41) is 0. The molecule has 0 bridgehead atoms. The van der Waals surface area contributed by atoms with Crippen molar-refractivity contribution in [3.63, 3.8) is 0 Å². The van der Waals surface area contributed by atoms with Crippen molar-refractivity contribution in [2.45, 2.75) is 39.7 Å². The smallest absolute Gasteiger partial charge is 0.251 e. The zero-order valence-corrected chi connectivity index (χ0v) is 18.7. The molecule has 2 aromatic heterocycles. The maximum Gasteiger partial charge on any atom is 0.251 e. The summed E-state index contributed by atoms with van der Waals surface area (Å²) in [6, 6.07) is 24.7. The van der Waals surface area contributed by atoms with Crippen LogP contribution in [0.5, 0.6) is 0 Å². The average molecular weight is 424 g/mol. The van der Waals surface area contributed by atoms with E-state index in [1.54, 1.807) is 6.20 Å². The second-order valence-corrected chi connectivity index (χ2v) is 8.10. The predicted molar refractivity (Wildman–Crippen MR) is 131 cm³/mol. The number of primary amides is 1. The molecule has 32 heavy (non-hydrogen) atoms. The Bertz CT molecular complexity index is 1190. The van der Waals surface area contributed by atoms with Crippen molar-refractivity contribution in [2.75, 3.05) is 0 Å². The average Bonchev–Trinajstić information content (AvgIpc) is 3.10. The van der Waals surface area contributed by atoms with Crippen molar-refractivity contribution in [1.82, 2.24) is 9.55 Å². The van der Waals surface area contributed by atoms with Gasteiger partial charge in [0.1, 0.15) is 0 Å². The van der Waals surface area contributed by atoms with E-state index in [1.165, 1.54) is 5.56 Å². The molecule has 0 spiro atoms. The Balaban J connectivity index is 1.84. The molecule has 0 fully saturated rings. The molecule has 1 amide bonds. The van der Waals surface area contributed by atoms with Crippen LogP contribution in [0, 0.1) is 6.92 Å². The summed E-state index contributed by atoms with van der Waals surface area (Å²) in [7, 11) is 0. The summed E-state index contributed by atoms with van der Waals surface area (Å²) in [6.45, 7) is 4.79. The van der Waals surface area contributed by atoms with E-state index in [1.807, 2.05) is 43.3 Å². The SMILES string of the molecule is CCCCc1c(-c2ccc(-c3ccccc3)cc2)c(C(N)=O)c(C)n1Cc1ccccn1. The first-order chi connectivity index (χ1) is 15.6. The molecular formula is C28H29N3O. The minimum absolute atomic E-state index is 0.387. The van der Waals surface area contributed by atoms with Crippen molar-refractivity contribution < 1.29 is 4.79 Å². The number of nitrogens with two attached hydrogens (primary N) is 1. The van der Waals surface area contributed by atoms with Gasteiger partial charge in [0, 0.05) is 23.1 Å². The van der Waals surface area contributed by atoms with Gasteiger partial charge in [0.05, 0.1) is 17.8 Å². The molecule has 4 aromatic rings. The van der Waals surface area contributed by atoms with Crippen LogP contribution in [-0.2, 0) is 13.0 Å². The number of benzene rings is 2. The molecular weight excluding hydrogens is 394 g/mol. The number of hydrogen-bond donors (Lipinski definition) is 1. The number of carbonyl (C=O) groups excluding carboxylic acids is 1. The highest BCUT2D eigenvalue weighted by Crippen LogP contribution is 2.35. The van der Waals surface area contributed by atoms with Gasteiger partial charge in [-0.2, -0.15) is 0 Å². The van der Waals surface area contributed by atoms with Gasteiger partial charge in [-0.05, 0) is 48.6 Å². The Hall–Kier alpha value is -3.66. The molecule has 2 N–H and O–H groups in total. The Labute approximate surface area is 189 Å². The van der Waals surface area contributed by atoms with E-state index < -0.39 is 0 Å². The van der Waals surface area contributed by atoms with Crippen molar-refractivity contribution in [3.05, 3.63) is 102 Å². The second kappa shape index (κ2) is 9.65. The van der Waals surface area contributed by atoms with Gasteiger partial charge in [-0.15, -0.1) is 0 Å². The molecule has 0 saturated heterocycles. The highest BCUT2D eigenvalue weighted by atomic mass is 16.1. The van der Waals surface area contributed by atoms with Gasteiger partial charge in [0.15, 0.2) is 0 Å². The lowest BCUT2D eigenvalue weighted by Gasteiger charge is -2.13. The molecule has 0 aliphatic carbocycles. The standard InChI is InChI=1S/C28H29N3O/c1-3-4-13-25-27(23-16-14-22(15-17-23)21-10-6-5-7-11-21)26(28(29)32)20(2)31(25)19-24-12-8-9-18-30-24/h5-12,14-18H,3-4,13,19H2,1-2H3,(H2,29,32). The summed E-state index contributed by atoms with van der Waals surface area (Å²) in [6.07, 6.45) is 4.80. The third-order valence-corrected chi connectivity index (χ3v) is 5.97. The molecule has 0 atom stereocenters. The summed E-state index contributed by atoms with van der Waals surface area (Å²) in [5.41, 5.74) is 13.8. The van der Waals surface area contributed by atoms with Crippen LogP contribution in [-0.4, -0.2) is 15.5 Å². The van der Waals surface area contributed by atoms with Gasteiger partial charge < -0.3 is 10.3 Å². The molecule has 0 aliphatic heterocycles. The third kappa shape index (κ3) is 4.35. The van der Waals surface area contributed by atoms with E-state index in [-0.39, 0.29) is 5.91 Å². The fraction of sp³-hybridized carbons (Fsp3) is 0.214. The highest BCUT2D eigenvalue weighted by Gasteiger charge is 2.24. The molecule has 4 rings (SSSR count). The van der Waals surface area contributed by atoms with Gasteiger partial charge in [-0.1, -0.05) is 74.0 Å². The number of nitrogens with zero attached hydrogens (tertiary/aromatic N) is 2. The molecule has 0 unspecified atom stereocenters. The van der Waals surface area contributed by atoms with Gasteiger partial charge in [0.25, 0.3) is 5.91 Å². The lowest BCUT2D eigenvalue weighted by Crippen LogP contribution is -2.14. The lowest BCUT2D eigenvalue weighted by atomic mass is 9.95. The molecule has 0 aliphatic rings. The van der Waals surface area contributed by atoms with Crippen LogP contribution in [0.15, 0.2) is 79.0 Å². The molecule has 0 saturated carbocycles. The maximum atomic E-state index is 12.6. The summed E-state index contributed by atoms with van der Waals surface area (Å²) in [5.74, 6) is -0.387. The monoisotopic (exact) mass is 423 g/mol. The lowest BCUT2D eigenvalue weighted by molar-refractivity contribution is 0.1000. The molecule has 4 heteroatoms. The van der Waals surface area contributed by atoms with Crippen LogP contribution in [0.2, 0.25) is 0 Å². The fourth-order valence-corrected chi connectivity index (χ4v) is 4.34. The quantitative estimate of drug-likeness (QED) is 0.377. The first kappa shape index (κ1) is 21.6. The summed E-state index contributed by atoms with van der Waals surface area (Å²) in [4.78, 5) is 17.1. The van der Waals surface area contributed by atoms with Crippen LogP contribution in [0.3, 0.4) is 0 Å². The van der Waals surface area contributed by atoms with Crippen molar-refractivity contribution >= 4 is 5.91 Å². The molecule has 4 nitrogen and oxygen atoms in total. The highest BCUT2D eigenvalue weighted by molar-refractivity contribution is 6.02. The van der Waals surface area contributed by atoms with Crippen LogP contribution in [0.1, 0.15) is 47.2 Å². The number of aromatic nitrogens is 2. The normalized spacial score (nSPS) is 10.9. The number of pyridine rings is 1. The van der Waals surface area contributed by atoms with Gasteiger partial charge in [-0.25, -0.2) is 0 Å². The molecule has 162 valence electrons. The summed E-state index contributed by atoms with van der Waals surface area (Å²) >= 11 is 0. The number of rotatable bonds is 8. The van der Waals surface area contributed by atoms with E-state index in [0.29, 0.717) is 12.1 Å². The number of unbranched alkanes of at least 4 members (excludes halogenated alkanes) is 1. The largest absolute Gasteiger partial charge is 0.366 e. The minimum Gasteiger partial charge on any atom is -0.366 e. The van der Waals surface area contributed by atoms with E-state index in [2.05, 4.69) is 52.9 Å². The first-order valence-corrected chi connectivity index (χ1v) is 11.2. The third-order valence-electron chi connectivity index (χ3n) is 5.97. The Morgan fingerprint density at radius 2 is 1.56 bits per heavy atom. The van der Waals surface area contributed by atoms with Gasteiger partial charge >= 0.3 is 0 Å². The topological polar surface area (TPSA) is 60.9 Å². The Kier molecular flexibility index (Phi) is 6.50. The van der Waals surface area contributed by atoms with Crippen molar-refractivity contribution in [3.8, 4) is 22.3 Å². The zero-order valence-electron chi connectivity index (χ0n) is 18.7. The van der Waals surface area contributed by atoms with Gasteiger partial charge in [0.2, 0.25) is 0 Å². The number of carbonyl (C=O) groups is 1. The van der Waals surface area contributed by atoms with E-state index >= 15 is 0 Å². The zero-order chi connectivity index (χ0) is 22.5. The Morgan fingerprint density at radius 3 is 2.19 bits per heavy atom. The molecule has 0 radical (unpaired) electrons. The van der Waals surface area contributed by atoms with Crippen LogP contribution in [0.4, 0.5) is 0 Å². The van der Waals surface area contributed by atoms with Crippen molar-refractivity contribution in [2.24, 2.45) is 5.73 Å².